The number of cyclic esters (lactones) is 1. The first-order chi connectivity index (χ1) is 10.7. The summed E-state index contributed by atoms with van der Waals surface area (Å²) in [6.07, 6.45) is 7.74. The number of carbonyl (C=O) groups is 2. The third-order valence-electron chi connectivity index (χ3n) is 4.31. The van der Waals surface area contributed by atoms with Crippen LogP contribution in [-0.2, 0) is 16.0 Å². The van der Waals surface area contributed by atoms with Gasteiger partial charge in [0.2, 0.25) is 0 Å². The number of ether oxygens (including phenoxy) is 1. The van der Waals surface area contributed by atoms with E-state index in [1.54, 1.807) is 12.1 Å². The molecule has 4 nitrogen and oxygen atoms in total. The lowest BCUT2D eigenvalue weighted by molar-refractivity contribution is -0.130. The molecule has 3 rings (SSSR count). The van der Waals surface area contributed by atoms with Gasteiger partial charge in [-0.05, 0) is 43.7 Å². The van der Waals surface area contributed by atoms with Crippen LogP contribution in [0, 0.1) is 0 Å². The summed E-state index contributed by atoms with van der Waals surface area (Å²) >= 11 is 0. The Balaban J connectivity index is 1.53. The van der Waals surface area contributed by atoms with E-state index in [0.29, 0.717) is 18.5 Å². The summed E-state index contributed by atoms with van der Waals surface area (Å²) in [6, 6.07) is 7.30. The number of fused-ring (bicyclic) bond motifs is 1. The van der Waals surface area contributed by atoms with Crippen molar-refractivity contribution < 1.29 is 14.3 Å². The molecule has 22 heavy (non-hydrogen) atoms. The minimum absolute atomic E-state index is 0.195. The monoisotopic (exact) mass is 299 g/mol. The number of allylic oxidation sites excluding steroid dienone is 1. The van der Waals surface area contributed by atoms with Crippen LogP contribution in [0.4, 0.5) is 0 Å². The van der Waals surface area contributed by atoms with Crippen molar-refractivity contribution in [3.05, 3.63) is 47.0 Å². The Bertz CT molecular complexity index is 606. The standard InChI is InChI=1S/C18H21NO3/c20-17(19-11-10-13-6-2-1-3-7-13)16-12-14-8-4-5-9-15(14)18(21)22-16/h4-6,8-9,16H,1-3,7,10-12H2,(H,19,20). The lowest BCUT2D eigenvalue weighted by Crippen LogP contribution is -2.42. The summed E-state index contributed by atoms with van der Waals surface area (Å²) in [4.78, 5) is 24.1. The van der Waals surface area contributed by atoms with Gasteiger partial charge in [0.05, 0.1) is 5.56 Å². The van der Waals surface area contributed by atoms with Gasteiger partial charge in [0.25, 0.3) is 5.91 Å². The van der Waals surface area contributed by atoms with Gasteiger partial charge in [-0.2, -0.15) is 0 Å². The average Bonchev–Trinajstić information content (AvgIpc) is 2.56. The summed E-state index contributed by atoms with van der Waals surface area (Å²) in [7, 11) is 0. The SMILES string of the molecule is O=C1OC(C(=O)NCCC2=CCCCC2)Cc2ccccc21. The summed E-state index contributed by atoms with van der Waals surface area (Å²) in [5, 5.41) is 2.89. The minimum atomic E-state index is -0.706. The van der Waals surface area contributed by atoms with E-state index in [0.717, 1.165) is 24.8 Å². The Morgan fingerprint density at radius 1 is 1.27 bits per heavy atom. The highest BCUT2D eigenvalue weighted by molar-refractivity contribution is 5.95. The number of rotatable bonds is 4. The van der Waals surface area contributed by atoms with Gasteiger partial charge in [0.15, 0.2) is 6.10 Å². The van der Waals surface area contributed by atoms with Gasteiger partial charge in [0, 0.05) is 13.0 Å². The van der Waals surface area contributed by atoms with Crippen LogP contribution in [-0.4, -0.2) is 24.5 Å². The van der Waals surface area contributed by atoms with Crippen LogP contribution in [0.1, 0.15) is 48.0 Å². The average molecular weight is 299 g/mol. The Labute approximate surface area is 130 Å². The molecule has 1 aliphatic heterocycles. The van der Waals surface area contributed by atoms with Crippen LogP contribution in [0.15, 0.2) is 35.9 Å². The van der Waals surface area contributed by atoms with Crippen LogP contribution in [0.5, 0.6) is 0 Å². The molecule has 0 aromatic heterocycles. The highest BCUT2D eigenvalue weighted by atomic mass is 16.5. The predicted molar refractivity (Wildman–Crippen MR) is 83.5 cm³/mol. The van der Waals surface area contributed by atoms with Crippen LogP contribution < -0.4 is 5.32 Å². The molecule has 4 heteroatoms. The number of amides is 1. The highest BCUT2D eigenvalue weighted by Crippen LogP contribution is 2.21. The lowest BCUT2D eigenvalue weighted by atomic mass is 9.97. The first kappa shape index (κ1) is 14.8. The molecular formula is C18H21NO3. The molecule has 0 saturated carbocycles. The molecule has 0 fully saturated rings. The quantitative estimate of drug-likeness (QED) is 0.687. The smallest absolute Gasteiger partial charge is 0.339 e. The van der Waals surface area contributed by atoms with Gasteiger partial charge < -0.3 is 10.1 Å². The van der Waals surface area contributed by atoms with Gasteiger partial charge in [0.1, 0.15) is 0 Å². The lowest BCUT2D eigenvalue weighted by Gasteiger charge is -2.24. The third kappa shape index (κ3) is 3.38. The molecule has 1 heterocycles. The normalized spacial score (nSPS) is 20.6. The molecule has 1 aliphatic carbocycles. The van der Waals surface area contributed by atoms with Crippen LogP contribution in [0.3, 0.4) is 0 Å². The number of hydrogen-bond acceptors (Lipinski definition) is 3. The molecule has 0 spiro atoms. The fraction of sp³-hybridized carbons (Fsp3) is 0.444. The van der Waals surface area contributed by atoms with E-state index in [9.17, 15) is 9.59 Å². The zero-order valence-electron chi connectivity index (χ0n) is 12.6. The van der Waals surface area contributed by atoms with Crippen molar-refractivity contribution in [2.24, 2.45) is 0 Å². The fourth-order valence-electron chi connectivity index (χ4n) is 3.07. The fourth-order valence-corrected chi connectivity index (χ4v) is 3.07. The maximum atomic E-state index is 12.2. The van der Waals surface area contributed by atoms with Crippen molar-refractivity contribution in [1.82, 2.24) is 5.32 Å². The Morgan fingerprint density at radius 3 is 2.95 bits per heavy atom. The van der Waals surface area contributed by atoms with E-state index in [2.05, 4.69) is 11.4 Å². The second kappa shape index (κ2) is 6.77. The first-order valence-corrected chi connectivity index (χ1v) is 7.98. The maximum Gasteiger partial charge on any atom is 0.339 e. The van der Waals surface area contributed by atoms with E-state index < -0.39 is 12.1 Å². The van der Waals surface area contributed by atoms with E-state index in [4.69, 9.17) is 4.74 Å². The second-order valence-corrected chi connectivity index (χ2v) is 5.90. The molecule has 1 aromatic rings. The van der Waals surface area contributed by atoms with Crippen molar-refractivity contribution in [1.29, 1.82) is 0 Å². The van der Waals surface area contributed by atoms with Crippen molar-refractivity contribution in [2.45, 2.75) is 44.6 Å². The van der Waals surface area contributed by atoms with Gasteiger partial charge in [-0.3, -0.25) is 4.79 Å². The van der Waals surface area contributed by atoms with Crippen molar-refractivity contribution >= 4 is 11.9 Å². The minimum Gasteiger partial charge on any atom is -0.448 e. The maximum absolute atomic E-state index is 12.2. The van der Waals surface area contributed by atoms with E-state index in [1.807, 2.05) is 12.1 Å². The molecule has 1 atom stereocenters. The van der Waals surface area contributed by atoms with Crippen molar-refractivity contribution in [3.63, 3.8) is 0 Å². The number of nitrogens with one attached hydrogen (secondary N) is 1. The van der Waals surface area contributed by atoms with E-state index in [-0.39, 0.29) is 5.91 Å². The molecule has 1 amide bonds. The zero-order valence-corrected chi connectivity index (χ0v) is 12.6. The Hall–Kier alpha value is -2.10. The summed E-state index contributed by atoms with van der Waals surface area (Å²) < 4.78 is 5.25. The molecule has 0 saturated heterocycles. The number of carbonyl (C=O) groups excluding carboxylic acids is 2. The summed E-state index contributed by atoms with van der Waals surface area (Å²) in [5.74, 6) is -0.601. The Kier molecular flexibility index (Phi) is 4.56. The summed E-state index contributed by atoms with van der Waals surface area (Å²) in [6.45, 7) is 0.611. The molecule has 1 N–H and O–H groups in total. The highest BCUT2D eigenvalue weighted by Gasteiger charge is 2.30. The topological polar surface area (TPSA) is 55.4 Å². The molecule has 1 aromatic carbocycles. The number of hydrogen-bond donors (Lipinski definition) is 1. The van der Waals surface area contributed by atoms with E-state index >= 15 is 0 Å². The molecule has 1 unspecified atom stereocenters. The molecule has 2 aliphatic rings. The predicted octanol–water partition coefficient (Wildman–Crippen LogP) is 2.77. The summed E-state index contributed by atoms with van der Waals surface area (Å²) in [5.41, 5.74) is 2.88. The van der Waals surface area contributed by atoms with Crippen LogP contribution >= 0.6 is 0 Å². The molecule has 0 radical (unpaired) electrons. The largest absolute Gasteiger partial charge is 0.448 e. The number of benzene rings is 1. The second-order valence-electron chi connectivity index (χ2n) is 5.90. The van der Waals surface area contributed by atoms with Gasteiger partial charge in [-0.25, -0.2) is 4.79 Å². The van der Waals surface area contributed by atoms with Crippen LogP contribution in [0.25, 0.3) is 0 Å². The first-order valence-electron chi connectivity index (χ1n) is 7.98. The molecule has 116 valence electrons. The number of esters is 1. The van der Waals surface area contributed by atoms with Gasteiger partial charge in [-0.15, -0.1) is 0 Å². The van der Waals surface area contributed by atoms with Crippen molar-refractivity contribution in [2.75, 3.05) is 6.54 Å². The molecular weight excluding hydrogens is 278 g/mol. The Morgan fingerprint density at radius 2 is 2.14 bits per heavy atom. The zero-order chi connectivity index (χ0) is 15.4. The van der Waals surface area contributed by atoms with Gasteiger partial charge in [-0.1, -0.05) is 29.8 Å². The third-order valence-corrected chi connectivity index (χ3v) is 4.31. The van der Waals surface area contributed by atoms with E-state index in [1.165, 1.54) is 18.4 Å². The van der Waals surface area contributed by atoms with Crippen LogP contribution in [0.2, 0.25) is 0 Å². The van der Waals surface area contributed by atoms with Crippen molar-refractivity contribution in [3.8, 4) is 0 Å². The molecule has 0 bridgehead atoms. The van der Waals surface area contributed by atoms with Gasteiger partial charge >= 0.3 is 5.97 Å².